The van der Waals surface area contributed by atoms with Gasteiger partial charge in [-0.3, -0.25) is 4.79 Å². The summed E-state index contributed by atoms with van der Waals surface area (Å²) in [6, 6.07) is 8.42. The topological polar surface area (TPSA) is 77.5 Å². The van der Waals surface area contributed by atoms with E-state index in [-0.39, 0.29) is 36.9 Å². The Kier molecular flexibility index (Phi) is 6.06. The Morgan fingerprint density at radius 1 is 1.08 bits per heavy atom. The molecule has 0 amide bonds. The molecule has 0 bridgehead atoms. The molecule has 9 heteroatoms. The Labute approximate surface area is 214 Å². The van der Waals surface area contributed by atoms with Gasteiger partial charge in [0, 0.05) is 68.7 Å². The van der Waals surface area contributed by atoms with E-state index >= 15 is 0 Å². The second-order valence-corrected chi connectivity index (χ2v) is 10.7. The summed E-state index contributed by atoms with van der Waals surface area (Å²) in [5, 5.41) is 14.1. The van der Waals surface area contributed by atoms with E-state index in [2.05, 4.69) is 27.0 Å². The average molecular weight is 505 g/mol. The summed E-state index contributed by atoms with van der Waals surface area (Å²) in [6.45, 7) is 3.47. The van der Waals surface area contributed by atoms with Crippen LogP contribution in [0.5, 0.6) is 0 Å². The third-order valence-corrected chi connectivity index (χ3v) is 8.19. The van der Waals surface area contributed by atoms with Crippen molar-refractivity contribution in [1.29, 1.82) is 5.26 Å². The molecule has 7 nitrogen and oxygen atoms in total. The third kappa shape index (κ3) is 4.65. The van der Waals surface area contributed by atoms with Gasteiger partial charge >= 0.3 is 0 Å². The van der Waals surface area contributed by atoms with E-state index in [0.29, 0.717) is 5.56 Å². The zero-order valence-electron chi connectivity index (χ0n) is 20.7. The summed E-state index contributed by atoms with van der Waals surface area (Å²) < 4.78 is 28.0. The van der Waals surface area contributed by atoms with Gasteiger partial charge in [0.05, 0.1) is 29.2 Å². The molecule has 0 radical (unpaired) electrons. The van der Waals surface area contributed by atoms with Crippen LogP contribution in [0.4, 0.5) is 20.3 Å². The Balaban J connectivity index is 1.16. The summed E-state index contributed by atoms with van der Waals surface area (Å²) in [5.74, 6) is -1.77. The lowest BCUT2D eigenvalue weighted by Gasteiger charge is -2.36. The van der Waals surface area contributed by atoms with Crippen LogP contribution in [-0.4, -0.2) is 52.5 Å². The van der Waals surface area contributed by atoms with Crippen molar-refractivity contribution in [3.05, 3.63) is 42.4 Å². The maximum atomic E-state index is 13.1. The van der Waals surface area contributed by atoms with Crippen LogP contribution in [0.1, 0.15) is 50.5 Å². The Morgan fingerprint density at radius 3 is 2.49 bits per heavy atom. The first kappa shape index (κ1) is 23.8. The van der Waals surface area contributed by atoms with Crippen molar-refractivity contribution in [1.82, 2.24) is 14.6 Å². The number of nitrogens with zero attached hydrogens (tertiary/aromatic N) is 6. The van der Waals surface area contributed by atoms with Crippen LogP contribution in [0.2, 0.25) is 0 Å². The van der Waals surface area contributed by atoms with Gasteiger partial charge in [-0.05, 0) is 49.8 Å². The number of anilines is 2. The van der Waals surface area contributed by atoms with Gasteiger partial charge in [0.15, 0.2) is 0 Å². The Hall–Kier alpha value is -3.54. The Morgan fingerprint density at radius 2 is 1.84 bits per heavy atom. The number of alkyl halides is 2. The van der Waals surface area contributed by atoms with Gasteiger partial charge in [-0.1, -0.05) is 0 Å². The van der Waals surface area contributed by atoms with Gasteiger partial charge in [-0.2, -0.15) is 10.4 Å². The first-order valence-electron chi connectivity index (χ1n) is 13.2. The number of carbonyl (C=O) groups excluding carboxylic acids is 1. The zero-order chi connectivity index (χ0) is 25.6. The molecule has 0 atom stereocenters. The number of rotatable bonds is 6. The number of hydrogen-bond acceptors (Lipinski definition) is 6. The number of Topliss-reactive ketones (excluding diaryl/α,β-unsaturated/α-hetero) is 1. The molecule has 3 aromatic rings. The number of halogens is 2. The molecule has 5 heterocycles. The second kappa shape index (κ2) is 9.40. The smallest absolute Gasteiger partial charge is 0.248 e. The molecule has 37 heavy (non-hydrogen) atoms. The number of hydrogen-bond donors (Lipinski definition) is 0. The quantitative estimate of drug-likeness (QED) is 0.466. The minimum Gasteiger partial charge on any atom is -0.370 e. The zero-order valence-corrected chi connectivity index (χ0v) is 20.7. The summed E-state index contributed by atoms with van der Waals surface area (Å²) in [7, 11) is 0. The number of fused-ring (bicyclic) bond motifs is 1. The highest BCUT2D eigenvalue weighted by atomic mass is 19.3. The minimum absolute atomic E-state index is 0.0439. The fraction of sp³-hybridized carbons (Fsp3) is 0.500. The highest BCUT2D eigenvalue weighted by molar-refractivity contribution is 5.86. The molecule has 0 aromatic carbocycles. The standard InChI is InChI=1S/C28H30F2N6O/c29-28(30)13-19(14-28)11-25(37)20-5-9-35(10-6-20)26-4-3-21(16-32-26)24-12-23(34-7-1-2-8-34)18-36-27(24)22(15-31)17-33-36/h3-4,12,16-20H,1-2,5-11,13-14H2. The normalized spacial score (nSPS) is 20.2. The lowest BCUT2D eigenvalue weighted by atomic mass is 9.76. The summed E-state index contributed by atoms with van der Waals surface area (Å²) in [6.07, 6.45) is 9.25. The molecule has 2 aliphatic heterocycles. The summed E-state index contributed by atoms with van der Waals surface area (Å²) in [4.78, 5) is 21.9. The second-order valence-electron chi connectivity index (χ2n) is 10.7. The van der Waals surface area contributed by atoms with E-state index in [0.717, 1.165) is 67.2 Å². The van der Waals surface area contributed by atoms with E-state index in [4.69, 9.17) is 4.98 Å². The average Bonchev–Trinajstić information content (AvgIpc) is 3.57. The van der Waals surface area contributed by atoms with Crippen LogP contribution in [0, 0.1) is 23.2 Å². The number of nitriles is 1. The Bertz CT molecular complexity index is 1340. The van der Waals surface area contributed by atoms with Crippen LogP contribution >= 0.6 is 0 Å². The van der Waals surface area contributed by atoms with Gasteiger partial charge in [0.2, 0.25) is 5.92 Å². The molecule has 6 rings (SSSR count). The van der Waals surface area contributed by atoms with Crippen molar-refractivity contribution in [3.8, 4) is 17.2 Å². The van der Waals surface area contributed by atoms with E-state index in [1.54, 1.807) is 10.7 Å². The van der Waals surface area contributed by atoms with Crippen molar-refractivity contribution in [2.75, 3.05) is 36.0 Å². The van der Waals surface area contributed by atoms with Crippen molar-refractivity contribution < 1.29 is 13.6 Å². The molecule has 192 valence electrons. The van der Waals surface area contributed by atoms with Crippen LogP contribution in [0.25, 0.3) is 16.6 Å². The molecular formula is C28H30F2N6O. The number of piperidine rings is 1. The van der Waals surface area contributed by atoms with Gasteiger partial charge < -0.3 is 9.80 Å². The SMILES string of the molecule is N#Cc1cnn2cc(N3CCCC3)cc(-c3ccc(N4CCC(C(=O)CC5CC(F)(F)C5)CC4)nc3)c12. The van der Waals surface area contributed by atoms with Crippen molar-refractivity contribution in [2.24, 2.45) is 11.8 Å². The lowest BCUT2D eigenvalue weighted by molar-refractivity contribution is -0.135. The maximum absolute atomic E-state index is 13.1. The van der Waals surface area contributed by atoms with E-state index in [9.17, 15) is 18.8 Å². The number of carbonyl (C=O) groups is 1. The first-order valence-corrected chi connectivity index (χ1v) is 13.2. The maximum Gasteiger partial charge on any atom is 0.248 e. The molecule has 1 saturated carbocycles. The predicted molar refractivity (Wildman–Crippen MR) is 137 cm³/mol. The molecular weight excluding hydrogens is 474 g/mol. The van der Waals surface area contributed by atoms with Crippen LogP contribution in [0.15, 0.2) is 36.8 Å². The molecule has 0 N–H and O–H groups in total. The van der Waals surface area contributed by atoms with Crippen LogP contribution in [0.3, 0.4) is 0 Å². The third-order valence-electron chi connectivity index (χ3n) is 8.19. The molecule has 0 spiro atoms. The highest BCUT2D eigenvalue weighted by Gasteiger charge is 2.46. The summed E-state index contributed by atoms with van der Waals surface area (Å²) >= 11 is 0. The van der Waals surface area contributed by atoms with E-state index in [1.807, 2.05) is 24.5 Å². The molecule has 3 aromatic heterocycles. The van der Waals surface area contributed by atoms with Crippen molar-refractivity contribution >= 4 is 22.8 Å². The van der Waals surface area contributed by atoms with Gasteiger partial charge in [0.25, 0.3) is 0 Å². The largest absolute Gasteiger partial charge is 0.370 e. The van der Waals surface area contributed by atoms with Crippen LogP contribution < -0.4 is 9.80 Å². The highest BCUT2D eigenvalue weighted by Crippen LogP contribution is 2.44. The molecule has 2 saturated heterocycles. The van der Waals surface area contributed by atoms with Crippen molar-refractivity contribution in [2.45, 2.75) is 50.9 Å². The van der Waals surface area contributed by atoms with Crippen molar-refractivity contribution in [3.63, 3.8) is 0 Å². The van der Waals surface area contributed by atoms with E-state index < -0.39 is 5.92 Å². The minimum atomic E-state index is -2.57. The predicted octanol–water partition coefficient (Wildman–Crippen LogP) is 5.09. The number of aromatic nitrogens is 3. The van der Waals surface area contributed by atoms with E-state index in [1.165, 1.54) is 12.8 Å². The summed E-state index contributed by atoms with van der Waals surface area (Å²) in [5.41, 5.74) is 4.26. The fourth-order valence-corrected chi connectivity index (χ4v) is 6.10. The molecule has 3 fully saturated rings. The fourth-order valence-electron chi connectivity index (χ4n) is 6.10. The lowest BCUT2D eigenvalue weighted by Crippen LogP contribution is -2.40. The van der Waals surface area contributed by atoms with Gasteiger partial charge in [-0.15, -0.1) is 0 Å². The molecule has 3 aliphatic rings. The molecule has 0 unspecified atom stereocenters. The number of ketones is 1. The van der Waals surface area contributed by atoms with Gasteiger partial charge in [-0.25, -0.2) is 18.3 Å². The van der Waals surface area contributed by atoms with Gasteiger partial charge in [0.1, 0.15) is 17.7 Å². The monoisotopic (exact) mass is 504 g/mol. The van der Waals surface area contributed by atoms with Crippen LogP contribution in [-0.2, 0) is 4.79 Å². The first-order chi connectivity index (χ1) is 17.9. The number of pyridine rings is 2. The molecule has 1 aliphatic carbocycles.